The van der Waals surface area contributed by atoms with Crippen LogP contribution in [-0.2, 0) is 4.79 Å². The van der Waals surface area contributed by atoms with Crippen molar-refractivity contribution in [3.05, 3.63) is 29.8 Å². The van der Waals surface area contributed by atoms with Crippen molar-refractivity contribution in [2.24, 2.45) is 5.92 Å². The van der Waals surface area contributed by atoms with E-state index in [-0.39, 0.29) is 24.6 Å². The summed E-state index contributed by atoms with van der Waals surface area (Å²) < 4.78 is 10.6. The minimum absolute atomic E-state index is 0.0317. The van der Waals surface area contributed by atoms with Gasteiger partial charge in [0, 0.05) is 42.3 Å². The molecule has 26 heavy (non-hydrogen) atoms. The number of piperidine rings is 1. The Balaban J connectivity index is 1.28. The summed E-state index contributed by atoms with van der Waals surface area (Å²) in [4.78, 5) is 30.5. The molecule has 136 valence electrons. The highest BCUT2D eigenvalue weighted by atomic mass is 32.1. The lowest BCUT2D eigenvalue weighted by Gasteiger charge is -2.31. The smallest absolute Gasteiger partial charge is 0.321 e. The number of likely N-dealkylation sites (tertiary alicyclic amines) is 1. The molecule has 3 heterocycles. The van der Waals surface area contributed by atoms with Crippen LogP contribution in [0.2, 0.25) is 0 Å². The molecule has 1 saturated heterocycles. The number of hydrogen-bond donors (Lipinski definition) is 2. The number of carbonyl (C=O) groups is 2. The largest absolute Gasteiger partial charge is 0.454 e. The molecular formula is C17H18N4O4S. The van der Waals surface area contributed by atoms with E-state index in [9.17, 15) is 9.59 Å². The summed E-state index contributed by atoms with van der Waals surface area (Å²) in [7, 11) is 0. The molecule has 2 N–H and O–H groups in total. The lowest BCUT2D eigenvalue weighted by atomic mass is 9.96. The van der Waals surface area contributed by atoms with Gasteiger partial charge in [-0.15, -0.1) is 11.3 Å². The number of urea groups is 1. The van der Waals surface area contributed by atoms with E-state index >= 15 is 0 Å². The van der Waals surface area contributed by atoms with E-state index in [1.165, 1.54) is 11.3 Å². The number of nitrogens with one attached hydrogen (secondary N) is 2. The number of carbonyl (C=O) groups excluding carboxylic acids is 2. The Morgan fingerprint density at radius 2 is 1.96 bits per heavy atom. The Hall–Kier alpha value is -2.81. The van der Waals surface area contributed by atoms with Crippen molar-refractivity contribution in [1.82, 2.24) is 9.88 Å². The number of amides is 3. The van der Waals surface area contributed by atoms with Crippen LogP contribution < -0.4 is 20.1 Å². The van der Waals surface area contributed by atoms with E-state index in [2.05, 4.69) is 15.6 Å². The van der Waals surface area contributed by atoms with Crippen LogP contribution in [-0.4, -0.2) is 41.7 Å². The summed E-state index contributed by atoms with van der Waals surface area (Å²) in [5, 5.41) is 8.11. The molecule has 0 aliphatic carbocycles. The zero-order valence-corrected chi connectivity index (χ0v) is 14.8. The maximum absolute atomic E-state index is 12.4. The zero-order valence-electron chi connectivity index (χ0n) is 13.9. The van der Waals surface area contributed by atoms with Gasteiger partial charge in [0.05, 0.1) is 0 Å². The molecule has 1 aromatic heterocycles. The SMILES string of the molecule is O=C(Nc1nccs1)C1CCN(C(=O)Nc2ccc3c(c2)OCO3)CC1. The van der Waals surface area contributed by atoms with Crippen molar-refractivity contribution >= 4 is 34.1 Å². The van der Waals surface area contributed by atoms with Crippen LogP contribution in [0.15, 0.2) is 29.8 Å². The second-order valence-electron chi connectivity index (χ2n) is 6.09. The Bertz CT molecular complexity index is 803. The number of rotatable bonds is 3. The molecule has 0 radical (unpaired) electrons. The first-order chi connectivity index (χ1) is 12.7. The average Bonchev–Trinajstić information content (AvgIpc) is 3.33. The van der Waals surface area contributed by atoms with Crippen LogP contribution >= 0.6 is 11.3 Å². The zero-order chi connectivity index (χ0) is 17.9. The number of thiazole rings is 1. The molecule has 8 nitrogen and oxygen atoms in total. The van der Waals surface area contributed by atoms with Gasteiger partial charge in [-0.2, -0.15) is 0 Å². The molecule has 1 aromatic carbocycles. The number of ether oxygens (including phenoxy) is 2. The lowest BCUT2D eigenvalue weighted by molar-refractivity contribution is -0.121. The minimum Gasteiger partial charge on any atom is -0.454 e. The maximum atomic E-state index is 12.4. The van der Waals surface area contributed by atoms with Gasteiger partial charge in [0.15, 0.2) is 16.6 Å². The minimum atomic E-state index is -0.178. The van der Waals surface area contributed by atoms with Gasteiger partial charge in [0.1, 0.15) is 0 Å². The summed E-state index contributed by atoms with van der Waals surface area (Å²) in [6, 6.07) is 5.11. The Morgan fingerprint density at radius 3 is 2.73 bits per heavy atom. The van der Waals surface area contributed by atoms with Gasteiger partial charge in [-0.05, 0) is 25.0 Å². The predicted molar refractivity (Wildman–Crippen MR) is 96.6 cm³/mol. The first kappa shape index (κ1) is 16.6. The van der Waals surface area contributed by atoms with Crippen molar-refractivity contribution in [1.29, 1.82) is 0 Å². The van der Waals surface area contributed by atoms with Crippen LogP contribution in [0.3, 0.4) is 0 Å². The number of anilines is 2. The van der Waals surface area contributed by atoms with Gasteiger partial charge in [-0.1, -0.05) is 0 Å². The third-order valence-electron chi connectivity index (χ3n) is 4.44. The summed E-state index contributed by atoms with van der Waals surface area (Å²) >= 11 is 1.39. The molecule has 2 aromatic rings. The van der Waals surface area contributed by atoms with Gasteiger partial charge in [-0.3, -0.25) is 4.79 Å². The number of hydrogen-bond acceptors (Lipinski definition) is 6. The molecule has 2 aliphatic rings. The van der Waals surface area contributed by atoms with Gasteiger partial charge >= 0.3 is 6.03 Å². The second-order valence-corrected chi connectivity index (χ2v) is 6.98. The second kappa shape index (κ2) is 7.20. The maximum Gasteiger partial charge on any atom is 0.321 e. The highest BCUT2D eigenvalue weighted by molar-refractivity contribution is 7.13. The highest BCUT2D eigenvalue weighted by Gasteiger charge is 2.28. The first-order valence-corrected chi connectivity index (χ1v) is 9.23. The highest BCUT2D eigenvalue weighted by Crippen LogP contribution is 2.34. The molecule has 2 aliphatic heterocycles. The van der Waals surface area contributed by atoms with Crippen molar-refractivity contribution in [2.45, 2.75) is 12.8 Å². The molecule has 0 bridgehead atoms. The Labute approximate surface area is 154 Å². The fourth-order valence-electron chi connectivity index (χ4n) is 3.01. The normalized spacial score (nSPS) is 16.4. The third kappa shape index (κ3) is 3.57. The number of fused-ring (bicyclic) bond motifs is 1. The summed E-state index contributed by atoms with van der Waals surface area (Å²) in [6.45, 7) is 1.27. The molecule has 1 fully saturated rings. The number of nitrogens with zero attached hydrogens (tertiary/aromatic N) is 2. The number of benzene rings is 1. The Morgan fingerprint density at radius 1 is 1.15 bits per heavy atom. The molecule has 4 rings (SSSR count). The topological polar surface area (TPSA) is 92.8 Å². The van der Waals surface area contributed by atoms with E-state index in [0.717, 1.165) is 0 Å². The van der Waals surface area contributed by atoms with Gasteiger partial charge in [-0.25, -0.2) is 9.78 Å². The molecule has 0 spiro atoms. The van der Waals surface area contributed by atoms with Crippen molar-refractivity contribution in [3.63, 3.8) is 0 Å². The predicted octanol–water partition coefficient (Wildman–Crippen LogP) is 2.75. The average molecular weight is 374 g/mol. The molecule has 9 heteroatoms. The van der Waals surface area contributed by atoms with E-state index < -0.39 is 0 Å². The fourth-order valence-corrected chi connectivity index (χ4v) is 3.55. The van der Waals surface area contributed by atoms with Crippen LogP contribution in [0.5, 0.6) is 11.5 Å². The first-order valence-electron chi connectivity index (χ1n) is 8.35. The van der Waals surface area contributed by atoms with Crippen LogP contribution in [0.25, 0.3) is 0 Å². The van der Waals surface area contributed by atoms with Crippen LogP contribution in [0.1, 0.15) is 12.8 Å². The Kier molecular flexibility index (Phi) is 4.61. The monoisotopic (exact) mass is 374 g/mol. The van der Waals surface area contributed by atoms with E-state index in [4.69, 9.17) is 9.47 Å². The van der Waals surface area contributed by atoms with Crippen LogP contribution in [0, 0.1) is 5.92 Å². The standard InChI is InChI=1S/C17H18N4O4S/c22-15(20-16-18-5-8-26-16)11-3-6-21(7-4-11)17(23)19-12-1-2-13-14(9-12)25-10-24-13/h1-2,5,8-9,11H,3-4,6-7,10H2,(H,19,23)(H,18,20,22). The molecule has 0 atom stereocenters. The third-order valence-corrected chi connectivity index (χ3v) is 5.13. The van der Waals surface area contributed by atoms with Crippen molar-refractivity contribution < 1.29 is 19.1 Å². The van der Waals surface area contributed by atoms with E-state index in [0.29, 0.717) is 48.2 Å². The number of aromatic nitrogens is 1. The molecular weight excluding hydrogens is 356 g/mol. The van der Waals surface area contributed by atoms with Crippen LogP contribution in [0.4, 0.5) is 15.6 Å². The summed E-state index contributed by atoms with van der Waals surface area (Å²) in [6.07, 6.45) is 2.92. The quantitative estimate of drug-likeness (QED) is 0.862. The van der Waals surface area contributed by atoms with Gasteiger partial charge in [0.25, 0.3) is 0 Å². The van der Waals surface area contributed by atoms with Gasteiger partial charge < -0.3 is 25.0 Å². The summed E-state index contributed by atoms with van der Waals surface area (Å²) in [5.74, 6) is 1.17. The fraction of sp³-hybridized carbons (Fsp3) is 0.353. The van der Waals surface area contributed by atoms with E-state index in [1.807, 2.05) is 5.38 Å². The van der Waals surface area contributed by atoms with Crippen molar-refractivity contribution in [3.8, 4) is 11.5 Å². The molecule has 0 saturated carbocycles. The molecule has 3 amide bonds. The lowest BCUT2D eigenvalue weighted by Crippen LogP contribution is -2.43. The van der Waals surface area contributed by atoms with E-state index in [1.54, 1.807) is 29.3 Å². The summed E-state index contributed by atoms with van der Waals surface area (Å²) in [5.41, 5.74) is 0.655. The molecule has 0 unspecified atom stereocenters. The van der Waals surface area contributed by atoms with Crippen molar-refractivity contribution in [2.75, 3.05) is 30.5 Å². The van der Waals surface area contributed by atoms with Gasteiger partial charge in [0.2, 0.25) is 12.7 Å².